The van der Waals surface area contributed by atoms with Crippen molar-refractivity contribution in [1.82, 2.24) is 0 Å². The molecule has 0 radical (unpaired) electrons. The average molecular weight is 290 g/mol. The zero-order valence-electron chi connectivity index (χ0n) is 12.7. The lowest BCUT2D eigenvalue weighted by molar-refractivity contribution is 0.218. The monoisotopic (exact) mass is 290 g/mol. The molecule has 3 nitrogen and oxygen atoms in total. The Balaban J connectivity index is 2.29. The van der Waals surface area contributed by atoms with Crippen molar-refractivity contribution >= 4 is 22.7 Å². The van der Waals surface area contributed by atoms with Gasteiger partial charge in [-0.2, -0.15) is 5.26 Å². The van der Waals surface area contributed by atoms with Crippen LogP contribution >= 0.6 is 11.3 Å². The highest BCUT2D eigenvalue weighted by Gasteiger charge is 2.32. The van der Waals surface area contributed by atoms with Gasteiger partial charge in [-0.25, -0.2) is 4.99 Å². The van der Waals surface area contributed by atoms with E-state index in [0.29, 0.717) is 17.9 Å². The van der Waals surface area contributed by atoms with Gasteiger partial charge in [-0.05, 0) is 43.1 Å². The summed E-state index contributed by atoms with van der Waals surface area (Å²) in [6.07, 6.45) is 4.69. The summed E-state index contributed by atoms with van der Waals surface area (Å²) in [6.45, 7) is 9.42. The number of nitrogens with zero attached hydrogens (tertiary/aromatic N) is 2. The number of rotatable bonds is 3. The van der Waals surface area contributed by atoms with E-state index in [1.165, 1.54) is 16.8 Å². The van der Waals surface area contributed by atoms with Gasteiger partial charge in [-0.1, -0.05) is 20.8 Å². The maximum atomic E-state index is 9.39. The molecule has 0 spiro atoms. The van der Waals surface area contributed by atoms with Gasteiger partial charge in [0.05, 0.1) is 12.2 Å². The second kappa shape index (κ2) is 5.97. The van der Waals surface area contributed by atoms with Gasteiger partial charge in [0.15, 0.2) is 6.40 Å². The third kappa shape index (κ3) is 3.04. The molecule has 4 heteroatoms. The molecule has 20 heavy (non-hydrogen) atoms. The number of thiophene rings is 1. The molecule has 0 aromatic carbocycles. The average Bonchev–Trinajstić information content (AvgIpc) is 2.74. The minimum absolute atomic E-state index is 0.323. The van der Waals surface area contributed by atoms with Crippen LogP contribution in [0, 0.1) is 22.7 Å². The zero-order chi connectivity index (χ0) is 14.8. The number of hydrogen-bond acceptors (Lipinski definition) is 4. The Morgan fingerprint density at radius 1 is 1.50 bits per heavy atom. The minimum atomic E-state index is 0.323. The molecule has 0 amide bonds. The fourth-order valence-corrected chi connectivity index (χ4v) is 3.89. The molecule has 1 heterocycles. The maximum absolute atomic E-state index is 9.39. The van der Waals surface area contributed by atoms with Gasteiger partial charge >= 0.3 is 0 Å². The van der Waals surface area contributed by atoms with Crippen LogP contribution in [0.5, 0.6) is 0 Å². The highest BCUT2D eigenvalue weighted by Crippen LogP contribution is 2.44. The van der Waals surface area contributed by atoms with Crippen LogP contribution in [-0.2, 0) is 17.6 Å². The summed E-state index contributed by atoms with van der Waals surface area (Å²) in [7, 11) is 0. The largest absolute Gasteiger partial charge is 0.483 e. The van der Waals surface area contributed by atoms with Gasteiger partial charge in [-0.3, -0.25) is 0 Å². The van der Waals surface area contributed by atoms with Gasteiger partial charge in [0.2, 0.25) is 0 Å². The fourth-order valence-electron chi connectivity index (χ4n) is 2.68. The highest BCUT2D eigenvalue weighted by atomic mass is 32.1. The molecule has 1 aromatic heterocycles. The van der Waals surface area contributed by atoms with E-state index in [-0.39, 0.29) is 0 Å². The molecule has 0 saturated heterocycles. The molecule has 108 valence electrons. The van der Waals surface area contributed by atoms with E-state index >= 15 is 0 Å². The summed E-state index contributed by atoms with van der Waals surface area (Å²) >= 11 is 1.66. The lowest BCUT2D eigenvalue weighted by Gasteiger charge is -2.33. The zero-order valence-corrected chi connectivity index (χ0v) is 13.5. The molecule has 0 aliphatic heterocycles. The van der Waals surface area contributed by atoms with Crippen molar-refractivity contribution in [3.8, 4) is 6.07 Å². The summed E-state index contributed by atoms with van der Waals surface area (Å²) in [4.78, 5) is 5.65. The number of aliphatic imine (C=N–C) groups is 1. The van der Waals surface area contributed by atoms with Crippen molar-refractivity contribution in [2.24, 2.45) is 16.3 Å². The van der Waals surface area contributed by atoms with E-state index in [1.807, 2.05) is 6.92 Å². The van der Waals surface area contributed by atoms with E-state index < -0.39 is 0 Å². The predicted octanol–water partition coefficient (Wildman–Crippen LogP) is 4.47. The van der Waals surface area contributed by atoms with Gasteiger partial charge in [0.1, 0.15) is 11.1 Å². The predicted molar refractivity (Wildman–Crippen MR) is 83.8 cm³/mol. The van der Waals surface area contributed by atoms with Crippen LogP contribution in [-0.4, -0.2) is 13.0 Å². The second-order valence-corrected chi connectivity index (χ2v) is 7.37. The first-order valence-electron chi connectivity index (χ1n) is 7.16. The molecular weight excluding hydrogens is 268 g/mol. The Labute approximate surface area is 125 Å². The fraction of sp³-hybridized carbons (Fsp3) is 0.625. The molecule has 1 aliphatic carbocycles. The van der Waals surface area contributed by atoms with Crippen molar-refractivity contribution in [3.63, 3.8) is 0 Å². The van der Waals surface area contributed by atoms with Crippen molar-refractivity contribution in [3.05, 3.63) is 16.0 Å². The van der Waals surface area contributed by atoms with Crippen molar-refractivity contribution in [2.45, 2.75) is 47.0 Å². The Morgan fingerprint density at radius 2 is 2.25 bits per heavy atom. The van der Waals surface area contributed by atoms with Crippen LogP contribution < -0.4 is 0 Å². The molecule has 0 saturated carbocycles. The van der Waals surface area contributed by atoms with Gasteiger partial charge in [0.25, 0.3) is 0 Å². The minimum Gasteiger partial charge on any atom is -0.483 e. The normalized spacial score (nSPS) is 18.9. The lowest BCUT2D eigenvalue weighted by atomic mass is 9.72. The van der Waals surface area contributed by atoms with E-state index in [0.717, 1.165) is 29.8 Å². The smallest absolute Gasteiger partial charge is 0.175 e. The Hall–Kier alpha value is -1.34. The van der Waals surface area contributed by atoms with E-state index in [2.05, 4.69) is 31.8 Å². The first kappa shape index (κ1) is 15.1. The highest BCUT2D eigenvalue weighted by molar-refractivity contribution is 7.16. The molecule has 0 unspecified atom stereocenters. The summed E-state index contributed by atoms with van der Waals surface area (Å²) in [5.41, 5.74) is 2.30. The van der Waals surface area contributed by atoms with Crippen molar-refractivity contribution in [2.75, 3.05) is 6.61 Å². The number of ether oxygens (including phenoxy) is 1. The number of hydrogen-bond donors (Lipinski definition) is 0. The third-order valence-corrected chi connectivity index (χ3v) is 5.16. The molecule has 0 N–H and O–H groups in total. The topological polar surface area (TPSA) is 45.4 Å². The Bertz CT molecular complexity index is 546. The summed E-state index contributed by atoms with van der Waals surface area (Å²) in [5.74, 6) is 0.684. The summed E-state index contributed by atoms with van der Waals surface area (Å²) in [5, 5.41) is 10.2. The van der Waals surface area contributed by atoms with Crippen LogP contribution in [0.15, 0.2) is 4.99 Å². The van der Waals surface area contributed by atoms with Gasteiger partial charge in [-0.15, -0.1) is 11.3 Å². The van der Waals surface area contributed by atoms with Gasteiger partial charge in [0, 0.05) is 4.88 Å². The first-order chi connectivity index (χ1) is 9.47. The SMILES string of the molecule is CCOC=Nc1sc2c(c1C#N)CC[C@H](C(C)(C)C)C2. The Kier molecular flexibility index (Phi) is 4.49. The maximum Gasteiger partial charge on any atom is 0.175 e. The number of fused-ring (bicyclic) bond motifs is 1. The summed E-state index contributed by atoms with van der Waals surface area (Å²) in [6, 6.07) is 2.33. The first-order valence-corrected chi connectivity index (χ1v) is 7.97. The molecule has 1 aromatic rings. The molecule has 2 rings (SSSR count). The van der Waals surface area contributed by atoms with Crippen LogP contribution in [0.25, 0.3) is 0 Å². The van der Waals surface area contributed by atoms with Crippen molar-refractivity contribution < 1.29 is 4.74 Å². The van der Waals surface area contributed by atoms with Crippen LogP contribution in [0.1, 0.15) is 50.1 Å². The third-order valence-electron chi connectivity index (χ3n) is 3.99. The molecular formula is C16H22N2OS. The van der Waals surface area contributed by atoms with Crippen LogP contribution in [0.2, 0.25) is 0 Å². The van der Waals surface area contributed by atoms with Crippen LogP contribution in [0.4, 0.5) is 5.00 Å². The van der Waals surface area contributed by atoms with Crippen molar-refractivity contribution in [1.29, 1.82) is 5.26 Å². The quantitative estimate of drug-likeness (QED) is 0.609. The summed E-state index contributed by atoms with van der Waals surface area (Å²) < 4.78 is 5.15. The van der Waals surface area contributed by atoms with E-state index in [4.69, 9.17) is 4.74 Å². The number of nitriles is 1. The van der Waals surface area contributed by atoms with E-state index in [9.17, 15) is 5.26 Å². The van der Waals surface area contributed by atoms with Gasteiger partial charge < -0.3 is 4.74 Å². The second-order valence-electron chi connectivity index (χ2n) is 6.29. The molecule has 1 aliphatic rings. The molecule has 1 atom stereocenters. The lowest BCUT2D eigenvalue weighted by Crippen LogP contribution is -2.26. The molecule has 0 fully saturated rings. The van der Waals surface area contributed by atoms with Crippen LogP contribution in [0.3, 0.4) is 0 Å². The Morgan fingerprint density at radius 3 is 2.85 bits per heavy atom. The standard InChI is InChI=1S/C16H22N2OS/c1-5-19-10-18-15-13(9-17)12-7-6-11(16(2,3)4)8-14(12)20-15/h10-11H,5-8H2,1-4H3/t11-/m0/s1. The van der Waals surface area contributed by atoms with E-state index in [1.54, 1.807) is 11.3 Å². The molecule has 0 bridgehead atoms.